The second-order valence-electron chi connectivity index (χ2n) is 9.20. The summed E-state index contributed by atoms with van der Waals surface area (Å²) in [5, 5.41) is 14.1. The van der Waals surface area contributed by atoms with E-state index in [1.807, 2.05) is 23.1 Å². The highest BCUT2D eigenvalue weighted by Gasteiger charge is 2.29. The Morgan fingerprint density at radius 2 is 1.95 bits per heavy atom. The summed E-state index contributed by atoms with van der Waals surface area (Å²) in [6, 6.07) is 16.6. The molecule has 0 saturated heterocycles. The van der Waals surface area contributed by atoms with Crippen LogP contribution in [0, 0.1) is 11.3 Å². The van der Waals surface area contributed by atoms with Crippen molar-refractivity contribution in [1.82, 2.24) is 9.88 Å². The van der Waals surface area contributed by atoms with Crippen molar-refractivity contribution in [3.8, 4) is 6.07 Å². The number of nitrogens with one attached hydrogen (secondary N) is 2. The van der Waals surface area contributed by atoms with E-state index in [4.69, 9.17) is 0 Å². The third-order valence-corrected chi connectivity index (χ3v) is 7.64. The van der Waals surface area contributed by atoms with Gasteiger partial charge in [0.15, 0.2) is 5.57 Å². The molecule has 0 atom stereocenters. The normalized spacial score (nSPS) is 13.9. The molecule has 3 aromatic rings. The molecule has 0 spiro atoms. The number of carbonyl (C=O) groups is 2. The molecular weight excluding hydrogens is 557 g/mol. The largest absolute Gasteiger partial charge is 0.405 e. The van der Waals surface area contributed by atoms with E-state index in [1.54, 1.807) is 54.5 Å². The number of carbonyl (C=O) groups excluding carboxylic acids is 2. The number of likely N-dealkylation sites (N-methyl/N-ethyl adjacent to an activating group) is 1. The van der Waals surface area contributed by atoms with Crippen LogP contribution in [0.5, 0.6) is 0 Å². The minimum atomic E-state index is -4.65. The number of halogens is 3. The van der Waals surface area contributed by atoms with Crippen LogP contribution in [0.3, 0.4) is 0 Å². The molecule has 2 amide bonds. The molecule has 0 unspecified atom stereocenters. The summed E-state index contributed by atoms with van der Waals surface area (Å²) in [5.41, 5.74) is 2.37. The number of fused-ring (bicyclic) bond motifs is 1. The van der Waals surface area contributed by atoms with Gasteiger partial charge in [0, 0.05) is 43.4 Å². The van der Waals surface area contributed by atoms with Gasteiger partial charge >= 0.3 is 6.18 Å². The van der Waals surface area contributed by atoms with Gasteiger partial charge in [-0.25, -0.2) is 0 Å². The van der Waals surface area contributed by atoms with Gasteiger partial charge in [-0.3, -0.25) is 19.0 Å². The Labute approximate surface area is 237 Å². The van der Waals surface area contributed by atoms with Gasteiger partial charge in [0.2, 0.25) is 5.91 Å². The average Bonchev–Trinajstić information content (AvgIpc) is 3.50. The van der Waals surface area contributed by atoms with Crippen molar-refractivity contribution >= 4 is 52.0 Å². The van der Waals surface area contributed by atoms with Crippen LogP contribution in [0.15, 0.2) is 53.3 Å². The number of rotatable bonds is 8. The van der Waals surface area contributed by atoms with Crippen molar-refractivity contribution in [2.45, 2.75) is 26.1 Å². The number of thiazole rings is 1. The van der Waals surface area contributed by atoms with Gasteiger partial charge < -0.3 is 20.4 Å². The highest BCUT2D eigenvalue weighted by atomic mass is 32.1. The zero-order valence-electron chi connectivity index (χ0n) is 22.3. The average molecular weight is 585 g/mol. The number of benzene rings is 2. The van der Waals surface area contributed by atoms with Crippen LogP contribution >= 0.6 is 11.3 Å². The van der Waals surface area contributed by atoms with Gasteiger partial charge in [0.25, 0.3) is 11.5 Å². The van der Waals surface area contributed by atoms with Crippen molar-refractivity contribution in [3.63, 3.8) is 0 Å². The fourth-order valence-corrected chi connectivity index (χ4v) is 5.48. The zero-order chi connectivity index (χ0) is 29.7. The molecule has 9 nitrogen and oxygen atoms in total. The maximum Gasteiger partial charge on any atom is 0.405 e. The van der Waals surface area contributed by atoms with E-state index in [0.29, 0.717) is 11.4 Å². The van der Waals surface area contributed by atoms with E-state index in [9.17, 15) is 32.8 Å². The number of anilines is 3. The second-order valence-corrected chi connectivity index (χ2v) is 10.2. The van der Waals surface area contributed by atoms with Gasteiger partial charge in [-0.05, 0) is 43.2 Å². The highest BCUT2D eigenvalue weighted by molar-refractivity contribution is 7.07. The molecule has 214 valence electrons. The maximum absolute atomic E-state index is 13.1. The molecule has 2 aromatic carbocycles. The van der Waals surface area contributed by atoms with Gasteiger partial charge in [0.1, 0.15) is 21.8 Å². The molecule has 1 aromatic heterocycles. The first-order valence-electron chi connectivity index (χ1n) is 12.7. The summed E-state index contributed by atoms with van der Waals surface area (Å²) < 4.78 is 38.8. The molecule has 0 aliphatic carbocycles. The lowest BCUT2D eigenvalue weighted by atomic mass is 10.2. The molecule has 0 saturated carbocycles. The number of alkyl halides is 3. The van der Waals surface area contributed by atoms with E-state index in [-0.39, 0.29) is 28.2 Å². The van der Waals surface area contributed by atoms with Crippen LogP contribution in [0.1, 0.15) is 12.5 Å². The van der Waals surface area contributed by atoms with Gasteiger partial charge in [-0.1, -0.05) is 24.3 Å². The van der Waals surface area contributed by atoms with Crippen LogP contribution in [-0.4, -0.2) is 49.2 Å². The van der Waals surface area contributed by atoms with E-state index in [1.165, 1.54) is 11.8 Å². The summed E-state index contributed by atoms with van der Waals surface area (Å²) in [6.07, 6.45) is -2.36. The minimum absolute atomic E-state index is 0.0460. The Balaban J connectivity index is 1.54. The zero-order valence-corrected chi connectivity index (χ0v) is 23.1. The van der Waals surface area contributed by atoms with Gasteiger partial charge in [0.05, 0.1) is 6.54 Å². The standard InChI is InChI=1S/C28H27F3N6O3S/c1-3-37-26(40)23(41-27(37)21(14-32)25(39)34-17-28(29,30)31)15-33-19-8-6-9-20(13-19)35(2)24(38)16-36-12-11-18-7-4-5-10-22(18)36/h4-10,13,15,33H,3,11-12,16-17H2,1-2H3,(H,34,39). The third kappa shape index (κ3) is 6.78. The molecule has 13 heteroatoms. The molecule has 41 heavy (non-hydrogen) atoms. The lowest BCUT2D eigenvalue weighted by molar-refractivity contribution is -0.135. The second kappa shape index (κ2) is 12.3. The van der Waals surface area contributed by atoms with E-state index in [0.717, 1.165) is 34.6 Å². The van der Waals surface area contributed by atoms with Crippen LogP contribution < -0.4 is 35.2 Å². The first kappa shape index (κ1) is 29.4. The molecular formula is C28H27F3N6O3S. The monoisotopic (exact) mass is 584 g/mol. The number of nitriles is 1. The Morgan fingerprint density at radius 3 is 2.66 bits per heavy atom. The van der Waals surface area contributed by atoms with Crippen molar-refractivity contribution in [3.05, 3.63) is 73.6 Å². The van der Waals surface area contributed by atoms with Crippen LogP contribution in [0.25, 0.3) is 11.8 Å². The molecule has 2 N–H and O–H groups in total. The summed E-state index contributed by atoms with van der Waals surface area (Å²) in [5.74, 6) is -1.31. The van der Waals surface area contributed by atoms with Gasteiger partial charge in [-0.15, -0.1) is 11.3 Å². The summed E-state index contributed by atoms with van der Waals surface area (Å²) >= 11 is 0.813. The van der Waals surface area contributed by atoms with Crippen molar-refractivity contribution in [2.75, 3.05) is 41.8 Å². The summed E-state index contributed by atoms with van der Waals surface area (Å²) in [6.45, 7) is 1.11. The number of para-hydroxylation sites is 1. The predicted octanol–water partition coefficient (Wildman–Crippen LogP) is 2.16. The fourth-order valence-electron chi connectivity index (χ4n) is 4.39. The van der Waals surface area contributed by atoms with Crippen LogP contribution in [-0.2, 0) is 22.6 Å². The number of amides is 2. The molecule has 1 aliphatic rings. The molecule has 0 bridgehead atoms. The summed E-state index contributed by atoms with van der Waals surface area (Å²) in [4.78, 5) is 41.9. The summed E-state index contributed by atoms with van der Waals surface area (Å²) in [7, 11) is 1.68. The highest BCUT2D eigenvalue weighted by Crippen LogP contribution is 2.27. The number of nitrogens with zero attached hydrogens (tertiary/aromatic N) is 4. The van der Waals surface area contributed by atoms with Crippen LogP contribution in [0.4, 0.5) is 30.2 Å². The number of hydrogen-bond acceptors (Lipinski definition) is 7. The predicted molar refractivity (Wildman–Crippen MR) is 152 cm³/mol. The van der Waals surface area contributed by atoms with Crippen molar-refractivity contribution in [2.24, 2.45) is 0 Å². The third-order valence-electron chi connectivity index (χ3n) is 6.51. The first-order chi connectivity index (χ1) is 19.5. The maximum atomic E-state index is 13.1. The molecule has 0 fully saturated rings. The molecule has 2 heterocycles. The minimum Gasteiger partial charge on any atom is -0.362 e. The molecule has 0 radical (unpaired) electrons. The SMILES string of the molecule is CCn1c(=C(C#N)C(=O)NCC(F)(F)F)sc(=CNc2cccc(N(C)C(=O)CN3CCc4ccccc43)c2)c1=O. The molecule has 1 aliphatic heterocycles. The number of hydrogen-bond donors (Lipinski definition) is 2. The van der Waals surface area contributed by atoms with Gasteiger partial charge in [-0.2, -0.15) is 18.4 Å². The Hall–Kier alpha value is -4.57. The lowest BCUT2D eigenvalue weighted by Gasteiger charge is -2.24. The van der Waals surface area contributed by atoms with E-state index < -0.39 is 29.8 Å². The smallest absolute Gasteiger partial charge is 0.362 e. The van der Waals surface area contributed by atoms with E-state index >= 15 is 0 Å². The quantitative estimate of drug-likeness (QED) is 0.420. The topological polar surface area (TPSA) is 110 Å². The first-order valence-corrected chi connectivity index (χ1v) is 13.5. The van der Waals surface area contributed by atoms with Crippen LogP contribution in [0.2, 0.25) is 0 Å². The van der Waals surface area contributed by atoms with Crippen molar-refractivity contribution in [1.29, 1.82) is 5.26 Å². The van der Waals surface area contributed by atoms with Crippen molar-refractivity contribution < 1.29 is 22.8 Å². The lowest BCUT2D eigenvalue weighted by Crippen LogP contribution is -2.37. The number of aromatic nitrogens is 1. The Morgan fingerprint density at radius 1 is 1.20 bits per heavy atom. The molecule has 4 rings (SSSR count). The Bertz CT molecular complexity index is 1690. The van der Waals surface area contributed by atoms with E-state index in [2.05, 4.69) is 11.4 Å². The Kier molecular flexibility index (Phi) is 8.83. The fraction of sp³-hybridized carbons (Fsp3) is 0.286.